The Kier molecular flexibility index (Phi) is 4.08. The van der Waals surface area contributed by atoms with Crippen LogP contribution in [0.4, 0.5) is 5.95 Å². The van der Waals surface area contributed by atoms with E-state index in [4.69, 9.17) is 11.6 Å². The molecule has 0 aliphatic carbocycles. The van der Waals surface area contributed by atoms with E-state index < -0.39 is 0 Å². The van der Waals surface area contributed by atoms with Crippen LogP contribution in [0.3, 0.4) is 0 Å². The van der Waals surface area contributed by atoms with E-state index >= 15 is 0 Å². The van der Waals surface area contributed by atoms with E-state index in [9.17, 15) is 4.79 Å². The van der Waals surface area contributed by atoms with Gasteiger partial charge in [0.2, 0.25) is 11.2 Å². The third-order valence-corrected chi connectivity index (χ3v) is 4.30. The highest BCUT2D eigenvalue weighted by atomic mass is 35.5. The maximum atomic E-state index is 12.5. The van der Waals surface area contributed by atoms with Crippen molar-refractivity contribution >= 4 is 28.7 Å². The predicted octanol–water partition coefficient (Wildman–Crippen LogP) is 1.80. The number of rotatable bonds is 2. The van der Waals surface area contributed by atoms with Crippen LogP contribution in [0.25, 0.3) is 11.2 Å². The Labute approximate surface area is 133 Å². The van der Waals surface area contributed by atoms with Crippen molar-refractivity contribution in [2.75, 3.05) is 18.0 Å². The predicted molar refractivity (Wildman–Crippen MR) is 87.3 cm³/mol. The van der Waals surface area contributed by atoms with Crippen LogP contribution in [0.2, 0.25) is 5.28 Å². The number of hydrogen-bond acceptors (Lipinski definition) is 4. The summed E-state index contributed by atoms with van der Waals surface area (Å²) in [5.74, 6) is 6.66. The number of hydrogen-bond donors (Lipinski definition) is 0. The SMILES string of the molecule is CC#CCn1c(N2CCCCC2)nc2nc(Cl)n(C)c(=O)c21. The molecule has 0 amide bonds. The Hall–Kier alpha value is -2.00. The molecule has 1 saturated heterocycles. The van der Waals surface area contributed by atoms with E-state index in [0.29, 0.717) is 17.7 Å². The molecule has 0 unspecified atom stereocenters. The molecule has 0 saturated carbocycles. The summed E-state index contributed by atoms with van der Waals surface area (Å²) in [5, 5.41) is 0.147. The van der Waals surface area contributed by atoms with E-state index in [1.54, 1.807) is 14.0 Å². The van der Waals surface area contributed by atoms with Crippen molar-refractivity contribution in [3.05, 3.63) is 15.6 Å². The van der Waals surface area contributed by atoms with Gasteiger partial charge in [-0.1, -0.05) is 5.92 Å². The molecule has 3 rings (SSSR count). The number of halogens is 1. The summed E-state index contributed by atoms with van der Waals surface area (Å²) in [6, 6.07) is 0. The lowest BCUT2D eigenvalue weighted by atomic mass is 10.1. The minimum absolute atomic E-state index is 0.147. The fourth-order valence-electron chi connectivity index (χ4n) is 2.77. The first kappa shape index (κ1) is 14.9. The van der Waals surface area contributed by atoms with E-state index in [2.05, 4.69) is 26.7 Å². The molecule has 7 heteroatoms. The zero-order chi connectivity index (χ0) is 15.7. The van der Waals surface area contributed by atoms with Gasteiger partial charge in [0.1, 0.15) is 0 Å². The average Bonchev–Trinajstić information content (AvgIpc) is 2.90. The molecule has 3 heterocycles. The van der Waals surface area contributed by atoms with E-state index in [-0.39, 0.29) is 10.8 Å². The van der Waals surface area contributed by atoms with Gasteiger partial charge in [-0.25, -0.2) is 0 Å². The molecule has 1 aliphatic heterocycles. The zero-order valence-electron chi connectivity index (χ0n) is 12.8. The van der Waals surface area contributed by atoms with Crippen LogP contribution < -0.4 is 10.5 Å². The maximum absolute atomic E-state index is 12.5. The third kappa shape index (κ3) is 2.46. The van der Waals surface area contributed by atoms with Gasteiger partial charge in [0, 0.05) is 20.1 Å². The maximum Gasteiger partial charge on any atom is 0.280 e. The molecule has 1 aliphatic rings. The quantitative estimate of drug-likeness (QED) is 0.625. The van der Waals surface area contributed by atoms with Crippen LogP contribution in [0, 0.1) is 11.8 Å². The van der Waals surface area contributed by atoms with Gasteiger partial charge in [0.05, 0.1) is 6.54 Å². The van der Waals surface area contributed by atoms with Gasteiger partial charge in [0.25, 0.3) is 5.56 Å². The highest BCUT2D eigenvalue weighted by Crippen LogP contribution is 2.23. The highest BCUT2D eigenvalue weighted by Gasteiger charge is 2.22. The minimum Gasteiger partial charge on any atom is -0.342 e. The first-order chi connectivity index (χ1) is 10.6. The van der Waals surface area contributed by atoms with E-state index in [1.807, 2.05) is 4.57 Å². The fraction of sp³-hybridized carbons (Fsp3) is 0.533. The molecular weight excluding hydrogens is 302 g/mol. The second kappa shape index (κ2) is 6.01. The Morgan fingerprint density at radius 3 is 2.64 bits per heavy atom. The molecule has 0 N–H and O–H groups in total. The second-order valence-electron chi connectivity index (χ2n) is 5.39. The van der Waals surface area contributed by atoms with Crippen molar-refractivity contribution in [3.8, 4) is 11.8 Å². The van der Waals surface area contributed by atoms with Gasteiger partial charge in [-0.3, -0.25) is 13.9 Å². The van der Waals surface area contributed by atoms with Crippen LogP contribution in [0.1, 0.15) is 26.2 Å². The Morgan fingerprint density at radius 1 is 1.23 bits per heavy atom. The lowest BCUT2D eigenvalue weighted by Crippen LogP contribution is -2.32. The van der Waals surface area contributed by atoms with Gasteiger partial charge in [-0.15, -0.1) is 5.92 Å². The van der Waals surface area contributed by atoms with Crippen LogP contribution >= 0.6 is 11.6 Å². The molecule has 1 fully saturated rings. The molecular formula is C15H18ClN5O. The monoisotopic (exact) mass is 319 g/mol. The lowest BCUT2D eigenvalue weighted by Gasteiger charge is -2.27. The zero-order valence-corrected chi connectivity index (χ0v) is 13.5. The minimum atomic E-state index is -0.191. The van der Waals surface area contributed by atoms with Crippen molar-refractivity contribution in [1.29, 1.82) is 0 Å². The summed E-state index contributed by atoms with van der Waals surface area (Å²) in [6.45, 7) is 4.10. The number of nitrogens with zero attached hydrogens (tertiary/aromatic N) is 5. The van der Waals surface area contributed by atoms with Crippen LogP contribution in [0.5, 0.6) is 0 Å². The number of imidazole rings is 1. The van der Waals surface area contributed by atoms with Crippen molar-refractivity contribution in [1.82, 2.24) is 19.1 Å². The smallest absolute Gasteiger partial charge is 0.280 e. The Bertz CT molecular complexity index is 820. The number of anilines is 1. The summed E-state index contributed by atoms with van der Waals surface area (Å²) in [7, 11) is 1.61. The van der Waals surface area contributed by atoms with Crippen molar-refractivity contribution < 1.29 is 0 Å². The molecule has 0 spiro atoms. The topological polar surface area (TPSA) is 56.0 Å². The molecule has 0 radical (unpaired) electrons. The van der Waals surface area contributed by atoms with Gasteiger partial charge < -0.3 is 4.90 Å². The van der Waals surface area contributed by atoms with Gasteiger partial charge in [-0.2, -0.15) is 9.97 Å². The molecule has 116 valence electrons. The van der Waals surface area contributed by atoms with Crippen LogP contribution in [-0.2, 0) is 13.6 Å². The molecule has 6 nitrogen and oxygen atoms in total. The molecule has 0 atom stereocenters. The largest absolute Gasteiger partial charge is 0.342 e. The molecule has 0 bridgehead atoms. The number of fused-ring (bicyclic) bond motifs is 1. The Balaban J connectivity index is 2.23. The summed E-state index contributed by atoms with van der Waals surface area (Å²) in [5.41, 5.74) is 0.672. The lowest BCUT2D eigenvalue weighted by molar-refractivity contribution is 0.561. The van der Waals surface area contributed by atoms with Crippen molar-refractivity contribution in [2.45, 2.75) is 32.7 Å². The first-order valence-corrected chi connectivity index (χ1v) is 7.78. The van der Waals surface area contributed by atoms with Crippen LogP contribution in [0.15, 0.2) is 4.79 Å². The summed E-state index contributed by atoms with van der Waals surface area (Å²) < 4.78 is 3.20. The molecule has 22 heavy (non-hydrogen) atoms. The normalized spacial score (nSPS) is 15.0. The van der Waals surface area contributed by atoms with Gasteiger partial charge in [0.15, 0.2) is 11.2 Å². The number of aromatic nitrogens is 4. The summed E-state index contributed by atoms with van der Waals surface area (Å²) in [6.07, 6.45) is 3.50. The van der Waals surface area contributed by atoms with Crippen molar-refractivity contribution in [2.24, 2.45) is 7.05 Å². The Morgan fingerprint density at radius 2 is 1.95 bits per heavy atom. The molecule has 2 aromatic rings. The van der Waals surface area contributed by atoms with E-state index in [1.165, 1.54) is 11.0 Å². The van der Waals surface area contributed by atoms with Gasteiger partial charge in [-0.05, 0) is 37.8 Å². The fourth-order valence-corrected chi connectivity index (χ4v) is 2.92. The van der Waals surface area contributed by atoms with Crippen LogP contribution in [-0.4, -0.2) is 32.2 Å². The summed E-state index contributed by atoms with van der Waals surface area (Å²) >= 11 is 6.01. The first-order valence-electron chi connectivity index (χ1n) is 7.41. The standard InChI is InChI=1S/C15H18ClN5O/c1-3-4-10-21-11-12(17-14(16)19(2)13(11)22)18-15(21)20-8-6-5-7-9-20/h5-10H2,1-2H3. The second-order valence-corrected chi connectivity index (χ2v) is 5.73. The van der Waals surface area contributed by atoms with E-state index in [0.717, 1.165) is 31.9 Å². The van der Waals surface area contributed by atoms with Gasteiger partial charge >= 0.3 is 0 Å². The number of piperidine rings is 1. The average molecular weight is 320 g/mol. The highest BCUT2D eigenvalue weighted by molar-refractivity contribution is 6.28. The molecule has 2 aromatic heterocycles. The summed E-state index contributed by atoms with van der Waals surface area (Å²) in [4.78, 5) is 23.6. The molecule has 0 aromatic carbocycles. The van der Waals surface area contributed by atoms with Crippen molar-refractivity contribution in [3.63, 3.8) is 0 Å². The third-order valence-electron chi connectivity index (χ3n) is 3.96.